The highest BCUT2D eigenvalue weighted by atomic mass is 19.4. The summed E-state index contributed by atoms with van der Waals surface area (Å²) in [6.07, 6.45) is -5.03. The van der Waals surface area contributed by atoms with Gasteiger partial charge < -0.3 is 15.4 Å². The third-order valence-electron chi connectivity index (χ3n) is 3.70. The lowest BCUT2D eigenvalue weighted by molar-refractivity contribution is -0.275. The zero-order valence-electron chi connectivity index (χ0n) is 15.9. The van der Waals surface area contributed by atoms with Crippen molar-refractivity contribution in [2.24, 2.45) is 5.92 Å². The first-order chi connectivity index (χ1) is 13.5. The molecule has 156 valence electrons. The summed E-state index contributed by atoms with van der Waals surface area (Å²) in [5, 5.41) is 5.00. The molecule has 2 rings (SSSR count). The van der Waals surface area contributed by atoms with Crippen LogP contribution in [0, 0.1) is 18.7 Å². The molecule has 2 amide bonds. The molecular weight excluding hydrogens is 394 g/mol. The normalized spacial score (nSPS) is 11.3. The number of rotatable bonds is 6. The van der Waals surface area contributed by atoms with Crippen LogP contribution in [0.15, 0.2) is 30.3 Å². The number of carbonyl (C=O) groups is 2. The molecule has 0 aliphatic heterocycles. The Bertz CT molecular complexity index is 914. The van der Waals surface area contributed by atoms with E-state index in [0.29, 0.717) is 5.69 Å². The van der Waals surface area contributed by atoms with Gasteiger partial charge in [-0.3, -0.25) is 9.59 Å². The van der Waals surface area contributed by atoms with E-state index in [1.165, 1.54) is 24.3 Å². The van der Waals surface area contributed by atoms with Crippen molar-refractivity contribution in [1.29, 1.82) is 0 Å². The van der Waals surface area contributed by atoms with Crippen LogP contribution in [0.25, 0.3) is 0 Å². The first kappa shape index (κ1) is 22.1. The minimum Gasteiger partial charge on any atom is -0.403 e. The fraction of sp³-hybridized carbons (Fsp3) is 0.316. The molecule has 0 aliphatic carbocycles. The molecule has 0 atom stereocenters. The van der Waals surface area contributed by atoms with Gasteiger partial charge in [-0.1, -0.05) is 26.0 Å². The Labute approximate surface area is 164 Å². The van der Waals surface area contributed by atoms with Crippen LogP contribution >= 0.6 is 0 Å². The summed E-state index contributed by atoms with van der Waals surface area (Å²) in [4.78, 5) is 28.3. The number of alkyl halides is 3. The van der Waals surface area contributed by atoms with Crippen molar-refractivity contribution in [2.75, 3.05) is 5.32 Å². The summed E-state index contributed by atoms with van der Waals surface area (Å²) < 4.78 is 54.7. The van der Waals surface area contributed by atoms with Crippen LogP contribution in [0.3, 0.4) is 0 Å². The second-order valence-electron chi connectivity index (χ2n) is 6.49. The maximum atomic E-state index is 14.2. The molecule has 1 aromatic carbocycles. The molecule has 2 aromatic rings. The lowest BCUT2D eigenvalue weighted by Crippen LogP contribution is -2.25. The van der Waals surface area contributed by atoms with Gasteiger partial charge in [-0.05, 0) is 25.1 Å². The number of aromatic nitrogens is 1. The smallest absolute Gasteiger partial charge is 0.403 e. The molecule has 0 spiro atoms. The molecule has 6 nitrogen and oxygen atoms in total. The topological polar surface area (TPSA) is 80.3 Å². The number of pyridine rings is 1. The van der Waals surface area contributed by atoms with Crippen molar-refractivity contribution < 1.29 is 31.9 Å². The number of hydrogen-bond acceptors (Lipinski definition) is 4. The zero-order valence-corrected chi connectivity index (χ0v) is 15.9. The number of hydrogen-bond donors (Lipinski definition) is 2. The lowest BCUT2D eigenvalue weighted by Gasteiger charge is -2.13. The Balaban J connectivity index is 2.13. The van der Waals surface area contributed by atoms with Crippen molar-refractivity contribution in [3.8, 4) is 5.75 Å². The number of nitrogens with one attached hydrogen (secondary N) is 2. The van der Waals surface area contributed by atoms with Crippen LogP contribution < -0.4 is 15.4 Å². The van der Waals surface area contributed by atoms with Gasteiger partial charge in [-0.15, -0.1) is 13.2 Å². The fourth-order valence-corrected chi connectivity index (χ4v) is 2.31. The highest BCUT2D eigenvalue weighted by Crippen LogP contribution is 2.27. The molecule has 1 heterocycles. The highest BCUT2D eigenvalue weighted by Gasteiger charge is 2.32. The van der Waals surface area contributed by atoms with E-state index in [2.05, 4.69) is 20.4 Å². The Hall–Kier alpha value is -3.17. The summed E-state index contributed by atoms with van der Waals surface area (Å²) >= 11 is 0. The van der Waals surface area contributed by atoms with E-state index in [-0.39, 0.29) is 35.3 Å². The van der Waals surface area contributed by atoms with Gasteiger partial charge in [0.1, 0.15) is 5.82 Å². The molecule has 0 unspecified atom stereocenters. The van der Waals surface area contributed by atoms with Gasteiger partial charge in [0.2, 0.25) is 5.91 Å². The fourth-order valence-electron chi connectivity index (χ4n) is 2.31. The molecule has 0 aliphatic rings. The first-order valence-electron chi connectivity index (χ1n) is 8.57. The Kier molecular flexibility index (Phi) is 6.78. The van der Waals surface area contributed by atoms with Gasteiger partial charge in [0.05, 0.1) is 0 Å². The van der Waals surface area contributed by atoms with Gasteiger partial charge in [0.25, 0.3) is 5.91 Å². The molecule has 0 fully saturated rings. The minimum absolute atomic E-state index is 0.152. The number of anilines is 1. The number of nitrogens with zero attached hydrogens (tertiary/aromatic N) is 1. The van der Waals surface area contributed by atoms with E-state index in [9.17, 15) is 27.2 Å². The van der Waals surface area contributed by atoms with Crippen LogP contribution in [0.2, 0.25) is 0 Å². The van der Waals surface area contributed by atoms with Crippen LogP contribution in [-0.4, -0.2) is 23.2 Å². The van der Waals surface area contributed by atoms with Gasteiger partial charge >= 0.3 is 6.36 Å². The van der Waals surface area contributed by atoms with Gasteiger partial charge in [-0.25, -0.2) is 9.37 Å². The largest absolute Gasteiger partial charge is 0.573 e. The van der Waals surface area contributed by atoms with Crippen molar-refractivity contribution in [1.82, 2.24) is 10.3 Å². The predicted molar refractivity (Wildman–Crippen MR) is 96.7 cm³/mol. The molecule has 10 heteroatoms. The van der Waals surface area contributed by atoms with E-state index in [1.807, 2.05) is 0 Å². The van der Waals surface area contributed by atoms with Crippen LogP contribution in [0.1, 0.15) is 35.5 Å². The summed E-state index contributed by atoms with van der Waals surface area (Å²) in [6, 6.07) is 6.05. The minimum atomic E-state index is -5.03. The lowest BCUT2D eigenvalue weighted by atomic mass is 10.1. The average Bonchev–Trinajstić information content (AvgIpc) is 2.60. The monoisotopic (exact) mass is 413 g/mol. The second kappa shape index (κ2) is 8.89. The standard InChI is InChI=1S/C19H19F4N3O3/c1-10(2)17(27)26-15-8-13(7-11(3)25-15)18(28)24-9-12-5-4-6-14(16(12)20)29-19(21,22)23/h4-8,10H,9H2,1-3H3,(H,24,28)(H,25,26,27). The maximum Gasteiger partial charge on any atom is 0.573 e. The summed E-state index contributed by atoms with van der Waals surface area (Å²) in [6.45, 7) is 4.65. The number of ether oxygens (including phenoxy) is 1. The Morgan fingerprint density at radius 2 is 1.90 bits per heavy atom. The third kappa shape index (κ3) is 6.44. The molecule has 1 aromatic heterocycles. The number of carbonyl (C=O) groups excluding carboxylic acids is 2. The number of aryl methyl sites for hydroxylation is 1. The quantitative estimate of drug-likeness (QED) is 0.703. The summed E-state index contributed by atoms with van der Waals surface area (Å²) in [7, 11) is 0. The molecule has 29 heavy (non-hydrogen) atoms. The van der Waals surface area contributed by atoms with Crippen molar-refractivity contribution in [2.45, 2.75) is 33.7 Å². The second-order valence-corrected chi connectivity index (χ2v) is 6.49. The van der Waals surface area contributed by atoms with Crippen LogP contribution in [0.4, 0.5) is 23.4 Å². The van der Waals surface area contributed by atoms with E-state index >= 15 is 0 Å². The molecule has 2 N–H and O–H groups in total. The van der Waals surface area contributed by atoms with E-state index in [1.54, 1.807) is 20.8 Å². The van der Waals surface area contributed by atoms with Crippen molar-refractivity contribution in [3.05, 3.63) is 53.0 Å². The van der Waals surface area contributed by atoms with Crippen molar-refractivity contribution in [3.63, 3.8) is 0 Å². The Morgan fingerprint density at radius 1 is 1.21 bits per heavy atom. The molecular formula is C19H19F4N3O3. The maximum absolute atomic E-state index is 14.2. The molecule has 0 radical (unpaired) electrons. The van der Waals surface area contributed by atoms with Gasteiger partial charge in [0, 0.05) is 29.3 Å². The molecule has 0 bridgehead atoms. The van der Waals surface area contributed by atoms with Gasteiger partial charge in [-0.2, -0.15) is 0 Å². The number of amides is 2. The predicted octanol–water partition coefficient (Wildman–Crippen LogP) is 3.95. The average molecular weight is 413 g/mol. The first-order valence-corrected chi connectivity index (χ1v) is 8.57. The van der Waals surface area contributed by atoms with Crippen LogP contribution in [0.5, 0.6) is 5.75 Å². The van der Waals surface area contributed by atoms with E-state index in [4.69, 9.17) is 0 Å². The van der Waals surface area contributed by atoms with E-state index < -0.39 is 23.8 Å². The summed E-state index contributed by atoms with van der Waals surface area (Å²) in [5.41, 5.74) is 0.433. The Morgan fingerprint density at radius 3 is 2.52 bits per heavy atom. The number of halogens is 4. The van der Waals surface area contributed by atoms with Crippen LogP contribution in [-0.2, 0) is 11.3 Å². The van der Waals surface area contributed by atoms with Crippen molar-refractivity contribution >= 4 is 17.6 Å². The third-order valence-corrected chi connectivity index (χ3v) is 3.70. The molecule has 0 saturated carbocycles. The summed E-state index contributed by atoms with van der Waals surface area (Å²) in [5.74, 6) is -3.21. The molecule has 0 saturated heterocycles. The van der Waals surface area contributed by atoms with Gasteiger partial charge in [0.15, 0.2) is 11.6 Å². The van der Waals surface area contributed by atoms with E-state index in [0.717, 1.165) is 6.07 Å². The SMILES string of the molecule is Cc1cc(C(=O)NCc2cccc(OC(F)(F)F)c2F)cc(NC(=O)C(C)C)n1. The zero-order chi connectivity index (χ0) is 21.8. The highest BCUT2D eigenvalue weighted by molar-refractivity contribution is 5.97. The number of benzene rings is 1.